The summed E-state index contributed by atoms with van der Waals surface area (Å²) in [4.78, 5) is 32.5. The van der Waals surface area contributed by atoms with Crippen LogP contribution in [0.1, 0.15) is 35.2 Å². The lowest BCUT2D eigenvalue weighted by Crippen LogP contribution is -2.51. The topological polar surface area (TPSA) is 53.1 Å². The second-order valence-corrected chi connectivity index (χ2v) is 10.6. The Morgan fingerprint density at radius 3 is 2.26 bits per heavy atom. The first kappa shape index (κ1) is 25.8. The fourth-order valence-corrected chi connectivity index (χ4v) is 5.13. The molecule has 0 aromatic heterocycles. The molecule has 2 aliphatic heterocycles. The lowest BCUT2D eigenvalue weighted by atomic mass is 9.75. The SMILES string of the molecule is Cc1cc(OCC2(CC(=O)N3CCN(C)CC3)CCN(C(=O)c3ccccc3Cl)CC2)ccc1Cl. The van der Waals surface area contributed by atoms with E-state index in [2.05, 4.69) is 11.9 Å². The molecule has 0 radical (unpaired) electrons. The lowest BCUT2D eigenvalue weighted by molar-refractivity contribution is -0.136. The molecule has 6 nitrogen and oxygen atoms in total. The highest BCUT2D eigenvalue weighted by Crippen LogP contribution is 2.38. The minimum atomic E-state index is -0.342. The van der Waals surface area contributed by atoms with E-state index < -0.39 is 0 Å². The minimum absolute atomic E-state index is 0.0659. The number of likely N-dealkylation sites (N-methyl/N-ethyl adjacent to an activating group) is 1. The van der Waals surface area contributed by atoms with E-state index in [1.54, 1.807) is 12.1 Å². The Kier molecular flexibility index (Phi) is 8.25. The molecule has 2 fully saturated rings. The number of benzene rings is 2. The molecule has 0 spiro atoms. The molecule has 8 heteroatoms. The number of aryl methyl sites for hydroxylation is 1. The summed E-state index contributed by atoms with van der Waals surface area (Å²) in [6.45, 7) is 6.76. The van der Waals surface area contributed by atoms with E-state index in [9.17, 15) is 9.59 Å². The Morgan fingerprint density at radius 2 is 1.60 bits per heavy atom. The zero-order valence-electron chi connectivity index (χ0n) is 20.4. The molecule has 0 bridgehead atoms. The van der Waals surface area contributed by atoms with Crippen molar-refractivity contribution in [3.05, 3.63) is 63.6 Å². The average Bonchev–Trinajstić information content (AvgIpc) is 2.85. The first-order chi connectivity index (χ1) is 16.8. The van der Waals surface area contributed by atoms with Crippen molar-refractivity contribution in [2.24, 2.45) is 5.41 Å². The molecular formula is C27H33Cl2N3O3. The maximum Gasteiger partial charge on any atom is 0.255 e. The van der Waals surface area contributed by atoms with Crippen LogP contribution in [-0.2, 0) is 4.79 Å². The summed E-state index contributed by atoms with van der Waals surface area (Å²) in [6.07, 6.45) is 1.79. The van der Waals surface area contributed by atoms with Crippen molar-refractivity contribution >= 4 is 35.0 Å². The number of rotatable bonds is 6. The Bertz CT molecular complexity index is 1060. The number of halogens is 2. The third-order valence-electron chi connectivity index (χ3n) is 7.27. The predicted molar refractivity (Wildman–Crippen MR) is 139 cm³/mol. The molecule has 0 N–H and O–H groups in total. The normalized spacial score (nSPS) is 18.4. The highest BCUT2D eigenvalue weighted by atomic mass is 35.5. The van der Waals surface area contributed by atoms with Crippen LogP contribution in [0.15, 0.2) is 42.5 Å². The number of piperazine rings is 1. The van der Waals surface area contributed by atoms with Gasteiger partial charge in [-0.1, -0.05) is 35.3 Å². The summed E-state index contributed by atoms with van der Waals surface area (Å²) >= 11 is 12.4. The second kappa shape index (κ2) is 11.2. The van der Waals surface area contributed by atoms with E-state index in [-0.39, 0.29) is 17.2 Å². The Hall–Kier alpha value is -2.28. The molecule has 0 saturated carbocycles. The maximum absolute atomic E-state index is 13.3. The number of likely N-dealkylation sites (tertiary alicyclic amines) is 1. The summed E-state index contributed by atoms with van der Waals surface area (Å²) in [5.41, 5.74) is 1.13. The number of hydrogen-bond donors (Lipinski definition) is 0. The molecular weight excluding hydrogens is 485 g/mol. The summed E-state index contributed by atoms with van der Waals surface area (Å²) in [5, 5.41) is 1.16. The maximum atomic E-state index is 13.3. The minimum Gasteiger partial charge on any atom is -0.493 e. The lowest BCUT2D eigenvalue weighted by Gasteiger charge is -2.43. The van der Waals surface area contributed by atoms with Gasteiger partial charge in [-0.2, -0.15) is 0 Å². The van der Waals surface area contributed by atoms with Crippen LogP contribution in [0.4, 0.5) is 0 Å². The van der Waals surface area contributed by atoms with Gasteiger partial charge in [0.25, 0.3) is 5.91 Å². The van der Waals surface area contributed by atoms with Crippen LogP contribution < -0.4 is 4.74 Å². The predicted octanol–water partition coefficient (Wildman–Crippen LogP) is 4.77. The molecule has 35 heavy (non-hydrogen) atoms. The van der Waals surface area contributed by atoms with Gasteiger partial charge in [-0.3, -0.25) is 9.59 Å². The van der Waals surface area contributed by atoms with Gasteiger partial charge >= 0.3 is 0 Å². The Balaban J connectivity index is 1.47. The van der Waals surface area contributed by atoms with Crippen LogP contribution >= 0.6 is 23.2 Å². The molecule has 2 aliphatic rings. The average molecular weight is 518 g/mol. The van der Waals surface area contributed by atoms with Crippen molar-refractivity contribution in [1.82, 2.24) is 14.7 Å². The van der Waals surface area contributed by atoms with E-state index >= 15 is 0 Å². The summed E-state index contributed by atoms with van der Waals surface area (Å²) in [6, 6.07) is 12.8. The number of amides is 2. The third-order valence-corrected chi connectivity index (χ3v) is 8.03. The van der Waals surface area contributed by atoms with E-state index in [0.717, 1.165) is 37.5 Å². The van der Waals surface area contributed by atoms with Gasteiger partial charge in [0.2, 0.25) is 5.91 Å². The van der Waals surface area contributed by atoms with Gasteiger partial charge in [-0.15, -0.1) is 0 Å². The van der Waals surface area contributed by atoms with Gasteiger partial charge in [0.05, 0.1) is 17.2 Å². The fourth-order valence-electron chi connectivity index (χ4n) is 4.79. The van der Waals surface area contributed by atoms with Crippen molar-refractivity contribution in [1.29, 1.82) is 0 Å². The molecule has 0 unspecified atom stereocenters. The van der Waals surface area contributed by atoms with Crippen LogP contribution in [0.5, 0.6) is 5.75 Å². The molecule has 4 rings (SSSR count). The first-order valence-electron chi connectivity index (χ1n) is 12.2. The number of hydrogen-bond acceptors (Lipinski definition) is 4. The monoisotopic (exact) mass is 517 g/mol. The van der Waals surface area contributed by atoms with Crippen molar-refractivity contribution in [2.75, 3.05) is 52.9 Å². The van der Waals surface area contributed by atoms with Crippen LogP contribution in [0.2, 0.25) is 10.0 Å². The largest absolute Gasteiger partial charge is 0.493 e. The van der Waals surface area contributed by atoms with Gasteiger partial charge in [0.15, 0.2) is 0 Å². The van der Waals surface area contributed by atoms with Crippen molar-refractivity contribution in [3.63, 3.8) is 0 Å². The van der Waals surface area contributed by atoms with E-state index in [1.165, 1.54) is 0 Å². The van der Waals surface area contributed by atoms with Crippen LogP contribution in [0, 0.1) is 12.3 Å². The number of ether oxygens (including phenoxy) is 1. The second-order valence-electron chi connectivity index (χ2n) is 9.83. The van der Waals surface area contributed by atoms with E-state index in [1.807, 2.05) is 47.1 Å². The molecule has 2 heterocycles. The number of carbonyl (C=O) groups is 2. The van der Waals surface area contributed by atoms with Crippen LogP contribution in [-0.4, -0.2) is 79.4 Å². The molecule has 0 atom stereocenters. The van der Waals surface area contributed by atoms with E-state index in [4.69, 9.17) is 27.9 Å². The molecule has 2 saturated heterocycles. The smallest absolute Gasteiger partial charge is 0.255 e. The van der Waals surface area contributed by atoms with Crippen molar-refractivity contribution in [3.8, 4) is 5.75 Å². The van der Waals surface area contributed by atoms with Gasteiger partial charge in [0, 0.05) is 56.1 Å². The standard InChI is InChI=1S/C27H33Cl2N3O3/c1-20-17-21(7-8-23(20)28)35-19-27(18-25(33)31-15-13-30(2)14-16-31)9-11-32(12-10-27)26(34)22-5-3-4-6-24(22)29/h3-8,17H,9-16,18-19H2,1-2H3. The van der Waals surface area contributed by atoms with Gasteiger partial charge in [-0.25, -0.2) is 0 Å². The van der Waals surface area contributed by atoms with Crippen molar-refractivity contribution < 1.29 is 14.3 Å². The molecule has 2 amide bonds. The van der Waals surface area contributed by atoms with Gasteiger partial charge < -0.3 is 19.4 Å². The van der Waals surface area contributed by atoms with Gasteiger partial charge in [0.1, 0.15) is 5.75 Å². The number of piperidine rings is 1. The molecule has 2 aromatic carbocycles. The number of carbonyl (C=O) groups excluding carboxylic acids is 2. The highest BCUT2D eigenvalue weighted by Gasteiger charge is 2.40. The Morgan fingerprint density at radius 1 is 0.914 bits per heavy atom. The fraction of sp³-hybridized carbons (Fsp3) is 0.481. The Labute approximate surface area is 217 Å². The third kappa shape index (κ3) is 6.29. The molecule has 0 aliphatic carbocycles. The summed E-state index contributed by atoms with van der Waals surface area (Å²) in [7, 11) is 2.08. The van der Waals surface area contributed by atoms with Crippen LogP contribution in [0.3, 0.4) is 0 Å². The molecule has 188 valence electrons. The molecule has 2 aromatic rings. The summed E-state index contributed by atoms with van der Waals surface area (Å²) in [5.74, 6) is 0.844. The highest BCUT2D eigenvalue weighted by molar-refractivity contribution is 6.33. The van der Waals surface area contributed by atoms with E-state index in [0.29, 0.717) is 54.6 Å². The zero-order valence-corrected chi connectivity index (χ0v) is 21.9. The van der Waals surface area contributed by atoms with Crippen LogP contribution in [0.25, 0.3) is 0 Å². The van der Waals surface area contributed by atoms with Crippen molar-refractivity contribution in [2.45, 2.75) is 26.2 Å². The number of nitrogens with zero attached hydrogens (tertiary/aromatic N) is 3. The van der Waals surface area contributed by atoms with Gasteiger partial charge in [-0.05, 0) is 62.7 Å². The summed E-state index contributed by atoms with van der Waals surface area (Å²) < 4.78 is 6.23. The zero-order chi connectivity index (χ0) is 25.0. The first-order valence-corrected chi connectivity index (χ1v) is 12.9. The quantitative estimate of drug-likeness (QED) is 0.553.